The van der Waals surface area contributed by atoms with Crippen molar-refractivity contribution < 1.29 is 0 Å². The van der Waals surface area contributed by atoms with E-state index in [0.717, 1.165) is 5.69 Å². The first-order chi connectivity index (χ1) is 27.3. The number of hydrogen-bond donors (Lipinski definition) is 0. The molecule has 1 aliphatic carbocycles. The van der Waals surface area contributed by atoms with Crippen molar-refractivity contribution in [3.63, 3.8) is 0 Å². The Bertz CT molecular complexity index is 3330. The molecule has 1 aromatic heterocycles. The fourth-order valence-corrected chi connectivity index (χ4v) is 9.68. The van der Waals surface area contributed by atoms with E-state index in [4.69, 9.17) is 0 Å². The summed E-state index contributed by atoms with van der Waals surface area (Å²) in [4.78, 5) is 0. The molecule has 0 fully saturated rings. The van der Waals surface area contributed by atoms with Crippen molar-refractivity contribution in [3.8, 4) is 61.3 Å². The van der Waals surface area contributed by atoms with Gasteiger partial charge in [0.15, 0.2) is 0 Å². The normalized spacial score (nSPS) is 12.0. The number of benzene rings is 10. The molecule has 254 valence electrons. The summed E-state index contributed by atoms with van der Waals surface area (Å²) < 4.78 is 2.49. The number of aromatic nitrogens is 1. The zero-order valence-corrected chi connectivity index (χ0v) is 30.0. The van der Waals surface area contributed by atoms with Gasteiger partial charge < -0.3 is 4.57 Å². The van der Waals surface area contributed by atoms with Crippen LogP contribution in [0.1, 0.15) is 0 Å². The highest BCUT2D eigenvalue weighted by Crippen LogP contribution is 2.59. The van der Waals surface area contributed by atoms with E-state index in [9.17, 15) is 0 Å². The van der Waals surface area contributed by atoms with Crippen molar-refractivity contribution in [1.29, 1.82) is 0 Å². The minimum Gasteiger partial charge on any atom is -0.309 e. The molecule has 0 aliphatic heterocycles. The molecule has 0 atom stereocenters. The average Bonchev–Trinajstić information content (AvgIpc) is 3.76. The van der Waals surface area contributed by atoms with Gasteiger partial charge in [-0.2, -0.15) is 0 Å². The number of fused-ring (bicyclic) bond motifs is 9. The molecule has 0 saturated heterocycles. The Hall–Kier alpha value is -7.22. The molecule has 0 amide bonds. The molecule has 0 unspecified atom stereocenters. The summed E-state index contributed by atoms with van der Waals surface area (Å²) in [5.41, 5.74) is 16.4. The molecule has 0 saturated carbocycles. The van der Waals surface area contributed by atoms with Gasteiger partial charge in [0.05, 0.1) is 11.0 Å². The van der Waals surface area contributed by atoms with Crippen LogP contribution in [0.15, 0.2) is 200 Å². The van der Waals surface area contributed by atoms with Crippen LogP contribution in [0.25, 0.3) is 115 Å². The SMILES string of the molecule is c1ccc(-c2c3c(c(-c4ccccc4)c4ccccc24)-c2cc4c(c5cccc-3c25)c2cc(-c3cccc5ccccc35)ccc2n4-c2ccccc2)cc1. The summed E-state index contributed by atoms with van der Waals surface area (Å²) in [5, 5.41) is 10.3. The molecular formula is C54H33N. The van der Waals surface area contributed by atoms with Crippen molar-refractivity contribution in [1.82, 2.24) is 4.57 Å². The quantitative estimate of drug-likeness (QED) is 0.173. The Morgan fingerprint density at radius 3 is 1.53 bits per heavy atom. The highest BCUT2D eigenvalue weighted by Gasteiger charge is 2.32. The lowest BCUT2D eigenvalue weighted by Crippen LogP contribution is -1.95. The Morgan fingerprint density at radius 2 is 0.818 bits per heavy atom. The predicted octanol–water partition coefficient (Wildman–Crippen LogP) is 14.9. The van der Waals surface area contributed by atoms with E-state index in [-0.39, 0.29) is 0 Å². The van der Waals surface area contributed by atoms with E-state index in [1.807, 2.05) is 0 Å². The smallest absolute Gasteiger partial charge is 0.0553 e. The highest BCUT2D eigenvalue weighted by molar-refractivity contribution is 6.34. The molecule has 55 heavy (non-hydrogen) atoms. The first-order valence-electron chi connectivity index (χ1n) is 19.1. The molecule has 10 aromatic carbocycles. The number of para-hydroxylation sites is 1. The van der Waals surface area contributed by atoms with Crippen LogP contribution in [0, 0.1) is 0 Å². The Morgan fingerprint density at radius 1 is 0.273 bits per heavy atom. The number of rotatable bonds is 4. The van der Waals surface area contributed by atoms with Crippen LogP contribution < -0.4 is 0 Å². The standard InChI is InChI=1S/C54H33N/c1-4-17-35(18-5-1)49-41-25-12-13-26-42(41)50(36-19-6-2-7-20-36)54-46-33-48-52(43-28-15-29-44(51(43)46)53(49)54)45-32-37(40-27-14-21-34-16-10-11-24-39(34)40)30-31-47(45)55(48)38-22-8-3-9-23-38/h1-33H. The molecule has 0 spiro atoms. The summed E-state index contributed by atoms with van der Waals surface area (Å²) in [6, 6.07) is 73.9. The van der Waals surface area contributed by atoms with Crippen LogP contribution >= 0.6 is 0 Å². The van der Waals surface area contributed by atoms with Gasteiger partial charge in [0.25, 0.3) is 0 Å². The lowest BCUT2D eigenvalue weighted by atomic mass is 9.82. The van der Waals surface area contributed by atoms with Gasteiger partial charge in [-0.15, -0.1) is 0 Å². The first-order valence-corrected chi connectivity index (χ1v) is 19.1. The van der Waals surface area contributed by atoms with Gasteiger partial charge in [-0.05, 0) is 118 Å². The molecule has 0 bridgehead atoms. The van der Waals surface area contributed by atoms with Gasteiger partial charge in [-0.25, -0.2) is 0 Å². The average molecular weight is 696 g/mol. The van der Waals surface area contributed by atoms with Crippen molar-refractivity contribution in [2.75, 3.05) is 0 Å². The molecular weight excluding hydrogens is 663 g/mol. The van der Waals surface area contributed by atoms with E-state index in [1.165, 1.54) is 110 Å². The molecule has 12 rings (SSSR count). The maximum atomic E-state index is 2.51. The van der Waals surface area contributed by atoms with Gasteiger partial charge in [-0.3, -0.25) is 0 Å². The van der Waals surface area contributed by atoms with Crippen molar-refractivity contribution >= 4 is 54.1 Å². The van der Waals surface area contributed by atoms with E-state index >= 15 is 0 Å². The Kier molecular flexibility index (Phi) is 6.40. The fraction of sp³-hybridized carbons (Fsp3) is 0. The monoisotopic (exact) mass is 695 g/mol. The zero-order valence-electron chi connectivity index (χ0n) is 30.0. The van der Waals surface area contributed by atoms with Gasteiger partial charge in [0, 0.05) is 16.5 Å². The molecule has 11 aromatic rings. The van der Waals surface area contributed by atoms with Gasteiger partial charge >= 0.3 is 0 Å². The van der Waals surface area contributed by atoms with Gasteiger partial charge in [0.1, 0.15) is 0 Å². The molecule has 1 heteroatoms. The molecule has 0 radical (unpaired) electrons. The lowest BCUT2D eigenvalue weighted by Gasteiger charge is -2.20. The van der Waals surface area contributed by atoms with Crippen LogP contribution in [-0.2, 0) is 0 Å². The van der Waals surface area contributed by atoms with Gasteiger partial charge in [0.2, 0.25) is 0 Å². The Balaban J connectivity index is 1.27. The number of hydrogen-bond acceptors (Lipinski definition) is 0. The molecule has 0 N–H and O–H groups in total. The third-order valence-electron chi connectivity index (χ3n) is 11.9. The maximum absolute atomic E-state index is 2.51. The topological polar surface area (TPSA) is 4.93 Å². The summed E-state index contributed by atoms with van der Waals surface area (Å²) in [7, 11) is 0. The van der Waals surface area contributed by atoms with Crippen molar-refractivity contribution in [2.24, 2.45) is 0 Å². The van der Waals surface area contributed by atoms with Crippen LogP contribution in [0.3, 0.4) is 0 Å². The van der Waals surface area contributed by atoms with E-state index in [0.29, 0.717) is 0 Å². The Labute approximate surface area is 319 Å². The maximum Gasteiger partial charge on any atom is 0.0553 e. The minimum absolute atomic E-state index is 1.16. The predicted molar refractivity (Wildman–Crippen MR) is 234 cm³/mol. The summed E-state index contributed by atoms with van der Waals surface area (Å²) in [6.45, 7) is 0. The molecule has 1 nitrogen and oxygen atoms in total. The number of nitrogens with zero attached hydrogens (tertiary/aromatic N) is 1. The third kappa shape index (κ3) is 4.30. The van der Waals surface area contributed by atoms with Crippen LogP contribution in [0.2, 0.25) is 0 Å². The van der Waals surface area contributed by atoms with Crippen LogP contribution in [-0.4, -0.2) is 4.57 Å². The first kappa shape index (κ1) is 30.3. The van der Waals surface area contributed by atoms with E-state index < -0.39 is 0 Å². The zero-order chi connectivity index (χ0) is 36.0. The highest BCUT2D eigenvalue weighted by atomic mass is 15.0. The van der Waals surface area contributed by atoms with Crippen molar-refractivity contribution in [3.05, 3.63) is 200 Å². The summed E-state index contributed by atoms with van der Waals surface area (Å²) >= 11 is 0. The van der Waals surface area contributed by atoms with Gasteiger partial charge in [-0.1, -0.05) is 170 Å². The van der Waals surface area contributed by atoms with Crippen LogP contribution in [0.5, 0.6) is 0 Å². The molecule has 1 aliphatic rings. The summed E-state index contributed by atoms with van der Waals surface area (Å²) in [5.74, 6) is 0. The fourth-order valence-electron chi connectivity index (χ4n) is 9.68. The van der Waals surface area contributed by atoms with Crippen molar-refractivity contribution in [2.45, 2.75) is 0 Å². The largest absolute Gasteiger partial charge is 0.309 e. The minimum atomic E-state index is 1.16. The van der Waals surface area contributed by atoms with E-state index in [2.05, 4.69) is 205 Å². The second-order valence-corrected chi connectivity index (χ2v) is 14.8. The summed E-state index contributed by atoms with van der Waals surface area (Å²) in [6.07, 6.45) is 0. The molecule has 1 heterocycles. The van der Waals surface area contributed by atoms with E-state index in [1.54, 1.807) is 0 Å². The second-order valence-electron chi connectivity index (χ2n) is 14.8. The second kappa shape index (κ2) is 11.6. The lowest BCUT2D eigenvalue weighted by molar-refractivity contribution is 1.18. The third-order valence-corrected chi connectivity index (χ3v) is 11.9. The van der Waals surface area contributed by atoms with Crippen LogP contribution in [0.4, 0.5) is 0 Å².